The van der Waals surface area contributed by atoms with Crippen LogP contribution in [0.15, 0.2) is 54.6 Å². The molecule has 1 fully saturated rings. The Morgan fingerprint density at radius 2 is 1.80 bits per heavy atom. The topological polar surface area (TPSA) is 92.2 Å². The highest BCUT2D eigenvalue weighted by atomic mass is 19.1. The summed E-state index contributed by atoms with van der Waals surface area (Å²) in [5, 5.41) is 10.1. The molecule has 1 aliphatic heterocycles. The summed E-state index contributed by atoms with van der Waals surface area (Å²) in [4.78, 5) is 32.5. The van der Waals surface area contributed by atoms with E-state index in [1.54, 1.807) is 30.7 Å². The molecule has 2 amide bonds. The molecule has 0 saturated carbocycles. The molecule has 3 aromatic rings. The fourth-order valence-corrected chi connectivity index (χ4v) is 4.19. The maximum Gasteiger partial charge on any atom is 0.251 e. The Balaban J connectivity index is 1.53. The van der Waals surface area contributed by atoms with Gasteiger partial charge in [0.2, 0.25) is 11.9 Å². The lowest BCUT2D eigenvalue weighted by Gasteiger charge is -2.34. The average molecular weight is 479 g/mol. The lowest BCUT2D eigenvalue weighted by atomic mass is 9.99. The number of nitrogens with one attached hydrogen (secondary N) is 2. The first-order chi connectivity index (χ1) is 16.7. The van der Waals surface area contributed by atoms with Crippen LogP contribution in [0.4, 0.5) is 10.3 Å². The van der Waals surface area contributed by atoms with Crippen molar-refractivity contribution in [3.8, 4) is 11.4 Å². The number of aromatic nitrogens is 3. The lowest BCUT2D eigenvalue weighted by Crippen LogP contribution is -2.58. The van der Waals surface area contributed by atoms with Crippen molar-refractivity contribution in [3.05, 3.63) is 66.0 Å². The van der Waals surface area contributed by atoms with E-state index < -0.39 is 11.4 Å². The van der Waals surface area contributed by atoms with Crippen molar-refractivity contribution in [2.24, 2.45) is 0 Å². The third-order valence-corrected chi connectivity index (χ3v) is 6.25. The van der Waals surface area contributed by atoms with Gasteiger partial charge in [-0.3, -0.25) is 19.8 Å². The lowest BCUT2D eigenvalue weighted by molar-refractivity contribution is -0.133. The van der Waals surface area contributed by atoms with Gasteiger partial charge in [-0.05, 0) is 70.1 Å². The first-order valence-corrected chi connectivity index (χ1v) is 11.8. The number of anilines is 1. The van der Waals surface area contributed by atoms with E-state index in [9.17, 15) is 14.0 Å². The summed E-state index contributed by atoms with van der Waals surface area (Å²) in [7, 11) is 1.93. The van der Waals surface area contributed by atoms with E-state index in [0.717, 1.165) is 31.4 Å². The molecule has 0 aliphatic carbocycles. The zero-order chi connectivity index (χ0) is 25.0. The first-order valence-electron chi connectivity index (χ1n) is 11.8. The Hall–Kier alpha value is -3.59. The fraction of sp³-hybridized carbons (Fsp3) is 0.385. The summed E-state index contributed by atoms with van der Waals surface area (Å²) < 4.78 is 15.2. The number of amides is 2. The molecule has 0 unspecified atom stereocenters. The van der Waals surface area contributed by atoms with Gasteiger partial charge in [0.1, 0.15) is 11.4 Å². The van der Waals surface area contributed by atoms with Crippen LogP contribution in [0, 0.1) is 5.82 Å². The van der Waals surface area contributed by atoms with Crippen LogP contribution < -0.4 is 10.6 Å². The van der Waals surface area contributed by atoms with E-state index in [4.69, 9.17) is 0 Å². The van der Waals surface area contributed by atoms with Crippen LogP contribution in [0.1, 0.15) is 38.7 Å². The van der Waals surface area contributed by atoms with Gasteiger partial charge >= 0.3 is 0 Å². The maximum atomic E-state index is 13.5. The Labute approximate surface area is 204 Å². The SMILES string of the molecule is CN1CCCC[C@H]1C(=O)NC(C)(C)C(=O)Nc1nc(-c2ccc(F)cc2)n(Cc2ccccc2)n1. The Bertz CT molecular complexity index is 1180. The monoisotopic (exact) mass is 478 g/mol. The summed E-state index contributed by atoms with van der Waals surface area (Å²) in [6.07, 6.45) is 2.83. The van der Waals surface area contributed by atoms with Crippen LogP contribution in [-0.4, -0.2) is 56.7 Å². The standard InChI is InChI=1S/C26H31FN6O2/c1-26(2,30-23(34)21-11-7-8-16-32(21)3)24(35)29-25-28-22(19-12-14-20(27)15-13-19)33(31-25)17-18-9-5-4-6-10-18/h4-6,9-10,12-15,21H,7-8,11,16-17H2,1-3H3,(H,30,34)(H,29,31,35)/t21-/m0/s1. The van der Waals surface area contributed by atoms with Crippen LogP contribution >= 0.6 is 0 Å². The molecule has 0 bridgehead atoms. The Morgan fingerprint density at radius 3 is 2.49 bits per heavy atom. The van der Waals surface area contributed by atoms with Crippen LogP contribution in [-0.2, 0) is 16.1 Å². The van der Waals surface area contributed by atoms with Gasteiger partial charge in [0.05, 0.1) is 12.6 Å². The van der Waals surface area contributed by atoms with Crippen LogP contribution in [0.3, 0.4) is 0 Å². The van der Waals surface area contributed by atoms with Gasteiger partial charge in [-0.1, -0.05) is 36.8 Å². The largest absolute Gasteiger partial charge is 0.341 e. The van der Waals surface area contributed by atoms with Gasteiger partial charge < -0.3 is 5.32 Å². The number of carbonyl (C=O) groups is 2. The quantitative estimate of drug-likeness (QED) is 0.543. The number of carbonyl (C=O) groups excluding carboxylic acids is 2. The highest BCUT2D eigenvalue weighted by Gasteiger charge is 2.35. The number of likely N-dealkylation sites (tertiary alicyclic amines) is 1. The van der Waals surface area contributed by atoms with Gasteiger partial charge in [-0.25, -0.2) is 9.07 Å². The van der Waals surface area contributed by atoms with E-state index in [0.29, 0.717) is 17.9 Å². The number of piperidine rings is 1. The smallest absolute Gasteiger partial charge is 0.251 e. The van der Waals surface area contributed by atoms with Crippen LogP contribution in [0.25, 0.3) is 11.4 Å². The third kappa shape index (κ3) is 5.92. The molecule has 1 aliphatic rings. The predicted molar refractivity (Wildman–Crippen MR) is 132 cm³/mol. The van der Waals surface area contributed by atoms with E-state index in [-0.39, 0.29) is 23.7 Å². The number of likely N-dealkylation sites (N-methyl/N-ethyl adjacent to an activating group) is 1. The summed E-state index contributed by atoms with van der Waals surface area (Å²) in [5.74, 6) is -0.330. The minimum absolute atomic E-state index is 0.113. The molecule has 1 atom stereocenters. The number of hydrogen-bond acceptors (Lipinski definition) is 5. The fourth-order valence-electron chi connectivity index (χ4n) is 4.19. The normalized spacial score (nSPS) is 16.6. The van der Waals surface area contributed by atoms with Crippen molar-refractivity contribution in [3.63, 3.8) is 0 Å². The minimum atomic E-state index is -1.17. The molecule has 9 heteroatoms. The first kappa shape index (κ1) is 24.5. The van der Waals surface area contributed by atoms with Crippen molar-refractivity contribution in [1.82, 2.24) is 25.0 Å². The molecule has 2 heterocycles. The van der Waals surface area contributed by atoms with Gasteiger partial charge in [0.15, 0.2) is 5.82 Å². The van der Waals surface area contributed by atoms with Crippen molar-refractivity contribution in [2.45, 2.75) is 51.2 Å². The summed E-state index contributed by atoms with van der Waals surface area (Å²) in [6.45, 7) is 4.60. The number of benzene rings is 2. The molecular weight excluding hydrogens is 447 g/mol. The maximum absolute atomic E-state index is 13.5. The number of hydrogen-bond donors (Lipinski definition) is 2. The van der Waals surface area contributed by atoms with E-state index in [2.05, 4.69) is 20.7 Å². The van der Waals surface area contributed by atoms with Gasteiger partial charge in [0, 0.05) is 5.56 Å². The molecular formula is C26H31FN6O2. The molecule has 0 radical (unpaired) electrons. The van der Waals surface area contributed by atoms with Gasteiger partial charge in [-0.15, -0.1) is 5.10 Å². The minimum Gasteiger partial charge on any atom is -0.341 e. The third-order valence-electron chi connectivity index (χ3n) is 6.25. The average Bonchev–Trinajstić information content (AvgIpc) is 3.22. The van der Waals surface area contributed by atoms with Crippen molar-refractivity contribution >= 4 is 17.8 Å². The molecule has 1 saturated heterocycles. The molecule has 2 N–H and O–H groups in total. The van der Waals surface area contributed by atoms with Gasteiger partial charge in [-0.2, -0.15) is 4.98 Å². The van der Waals surface area contributed by atoms with Crippen molar-refractivity contribution in [2.75, 3.05) is 18.9 Å². The second-order valence-electron chi connectivity index (χ2n) is 9.47. The number of halogens is 1. The summed E-state index contributed by atoms with van der Waals surface area (Å²) in [6, 6.07) is 15.4. The van der Waals surface area contributed by atoms with Crippen LogP contribution in [0.2, 0.25) is 0 Å². The molecule has 8 nitrogen and oxygen atoms in total. The Morgan fingerprint density at radius 1 is 1.09 bits per heavy atom. The van der Waals surface area contributed by atoms with E-state index >= 15 is 0 Å². The zero-order valence-corrected chi connectivity index (χ0v) is 20.3. The molecule has 1 aromatic heterocycles. The van der Waals surface area contributed by atoms with E-state index in [1.807, 2.05) is 42.3 Å². The van der Waals surface area contributed by atoms with Crippen LogP contribution in [0.5, 0.6) is 0 Å². The second kappa shape index (κ2) is 10.4. The summed E-state index contributed by atoms with van der Waals surface area (Å²) >= 11 is 0. The molecule has 35 heavy (non-hydrogen) atoms. The predicted octanol–water partition coefficient (Wildman–Crippen LogP) is 3.45. The Kier molecular flexibility index (Phi) is 7.25. The molecule has 0 spiro atoms. The van der Waals surface area contributed by atoms with Crippen molar-refractivity contribution in [1.29, 1.82) is 0 Å². The summed E-state index contributed by atoms with van der Waals surface area (Å²) in [5.41, 5.74) is 0.502. The highest BCUT2D eigenvalue weighted by Crippen LogP contribution is 2.22. The molecule has 4 rings (SSSR count). The second-order valence-corrected chi connectivity index (χ2v) is 9.47. The number of rotatable bonds is 7. The molecule has 184 valence electrons. The van der Waals surface area contributed by atoms with Crippen molar-refractivity contribution < 1.29 is 14.0 Å². The number of nitrogens with zero attached hydrogens (tertiary/aromatic N) is 4. The van der Waals surface area contributed by atoms with Gasteiger partial charge in [0.25, 0.3) is 5.91 Å². The molecule has 2 aromatic carbocycles. The van der Waals surface area contributed by atoms with E-state index in [1.165, 1.54) is 12.1 Å². The zero-order valence-electron chi connectivity index (χ0n) is 20.3. The highest BCUT2D eigenvalue weighted by molar-refractivity contribution is 5.99.